The van der Waals surface area contributed by atoms with E-state index in [0.717, 1.165) is 21.3 Å². The number of carbonyl (C=O) groups excluding carboxylic acids is 1. The molecule has 0 radical (unpaired) electrons. The molecule has 0 aliphatic carbocycles. The lowest BCUT2D eigenvalue weighted by Gasteiger charge is -2.22. The minimum atomic E-state index is -0.453. The second kappa shape index (κ2) is 9.19. The summed E-state index contributed by atoms with van der Waals surface area (Å²) in [5.41, 5.74) is 2.54. The summed E-state index contributed by atoms with van der Waals surface area (Å²) in [6.07, 6.45) is 0.136. The molecule has 0 atom stereocenters. The third kappa shape index (κ3) is 4.74. The topological polar surface area (TPSA) is 88.8 Å². The van der Waals surface area contributed by atoms with Crippen molar-refractivity contribution in [2.24, 2.45) is 0 Å². The van der Waals surface area contributed by atoms with Crippen LogP contribution in [0, 0.1) is 17.0 Å². The average Bonchev–Trinajstić information content (AvgIpc) is 3.14. The zero-order valence-corrected chi connectivity index (χ0v) is 18.2. The van der Waals surface area contributed by atoms with Crippen molar-refractivity contribution in [1.29, 1.82) is 0 Å². The van der Waals surface area contributed by atoms with Gasteiger partial charge in [-0.05, 0) is 38.2 Å². The van der Waals surface area contributed by atoms with Crippen LogP contribution in [0.3, 0.4) is 0 Å². The Morgan fingerprint density at radius 2 is 1.87 bits per heavy atom. The Bertz CT molecular complexity index is 1060. The van der Waals surface area contributed by atoms with Gasteiger partial charge in [-0.2, -0.15) is 0 Å². The van der Waals surface area contributed by atoms with E-state index in [1.807, 2.05) is 38.1 Å². The molecule has 0 N–H and O–H groups in total. The Morgan fingerprint density at radius 3 is 2.47 bits per heavy atom. The zero-order valence-electron chi connectivity index (χ0n) is 17.4. The molecule has 1 heterocycles. The fourth-order valence-electron chi connectivity index (χ4n) is 3.01. The lowest BCUT2D eigenvalue weighted by Crippen LogP contribution is -2.37. The maximum Gasteiger partial charge on any atom is 0.269 e. The molecule has 1 aromatic heterocycles. The van der Waals surface area contributed by atoms with E-state index in [2.05, 4.69) is 0 Å². The minimum Gasteiger partial charge on any atom is -0.494 e. The first-order valence-corrected chi connectivity index (χ1v) is 10.2. The van der Waals surface area contributed by atoms with E-state index in [0.29, 0.717) is 24.0 Å². The van der Waals surface area contributed by atoms with Gasteiger partial charge in [-0.15, -0.1) is 0 Å². The molecule has 158 valence electrons. The minimum absolute atomic E-state index is 0.00408. The number of nitro benzene ring substituents is 1. The number of fused-ring (bicyclic) bond motifs is 1. The van der Waals surface area contributed by atoms with E-state index >= 15 is 0 Å². The van der Waals surface area contributed by atoms with Crippen LogP contribution in [-0.4, -0.2) is 55.0 Å². The van der Waals surface area contributed by atoms with Gasteiger partial charge in [0.2, 0.25) is 5.91 Å². The van der Waals surface area contributed by atoms with Crippen LogP contribution in [0.1, 0.15) is 11.1 Å². The third-order valence-electron chi connectivity index (χ3n) is 4.72. The fraction of sp³-hybridized carbons (Fsp3) is 0.333. The molecule has 9 heteroatoms. The molecule has 0 aliphatic rings. The highest BCUT2D eigenvalue weighted by atomic mass is 32.1. The van der Waals surface area contributed by atoms with Crippen LogP contribution in [0.25, 0.3) is 10.2 Å². The number of ether oxygens (including phenoxy) is 1. The number of carbonyl (C=O) groups is 1. The maximum absolute atomic E-state index is 13.2. The quantitative estimate of drug-likeness (QED) is 0.402. The zero-order chi connectivity index (χ0) is 21.8. The molecule has 0 spiro atoms. The molecule has 0 saturated heterocycles. The maximum atomic E-state index is 13.2. The molecule has 3 rings (SSSR count). The molecule has 0 aliphatic heterocycles. The van der Waals surface area contributed by atoms with Crippen LogP contribution < -0.4 is 9.64 Å². The molecule has 0 fully saturated rings. The number of rotatable bonds is 8. The number of anilines is 1. The van der Waals surface area contributed by atoms with E-state index in [1.54, 1.807) is 24.1 Å². The largest absolute Gasteiger partial charge is 0.494 e. The summed E-state index contributed by atoms with van der Waals surface area (Å²) >= 11 is 1.46. The van der Waals surface area contributed by atoms with E-state index in [9.17, 15) is 14.9 Å². The highest BCUT2D eigenvalue weighted by Gasteiger charge is 2.22. The first kappa shape index (κ1) is 21.7. The number of methoxy groups -OCH3 is 1. The molecular formula is C21H24N4O4S. The van der Waals surface area contributed by atoms with Gasteiger partial charge in [-0.3, -0.25) is 19.8 Å². The summed E-state index contributed by atoms with van der Waals surface area (Å²) < 4.78 is 6.43. The van der Waals surface area contributed by atoms with E-state index in [4.69, 9.17) is 9.72 Å². The van der Waals surface area contributed by atoms with Crippen LogP contribution in [0.5, 0.6) is 5.75 Å². The Balaban J connectivity index is 1.92. The number of likely N-dealkylation sites (N-methyl/N-ethyl adjacent to an activating group) is 1. The molecule has 0 unspecified atom stereocenters. The highest BCUT2D eigenvalue weighted by molar-refractivity contribution is 7.22. The molecule has 0 saturated carbocycles. The molecule has 3 aromatic rings. The summed E-state index contributed by atoms with van der Waals surface area (Å²) in [5, 5.41) is 11.5. The predicted octanol–water partition coefficient (Wildman–Crippen LogP) is 3.66. The number of aryl methyl sites for hydroxylation is 1. The summed E-state index contributed by atoms with van der Waals surface area (Å²) in [6.45, 7) is 3.17. The molecule has 0 bridgehead atoms. The standard InChI is InChI=1S/C21H24N4O4S/c1-14-5-10-17(29-4)19-20(14)30-21(22-19)24(12-11-23(2)3)18(26)13-15-6-8-16(9-7-15)25(27)28/h5-10H,11-13H2,1-4H3. The lowest BCUT2D eigenvalue weighted by molar-refractivity contribution is -0.384. The summed E-state index contributed by atoms with van der Waals surface area (Å²) in [5.74, 6) is 0.565. The average molecular weight is 429 g/mol. The van der Waals surface area contributed by atoms with Gasteiger partial charge < -0.3 is 9.64 Å². The van der Waals surface area contributed by atoms with Gasteiger partial charge in [0, 0.05) is 25.2 Å². The number of hydrogen-bond acceptors (Lipinski definition) is 7. The number of non-ortho nitro benzene ring substituents is 1. The van der Waals surface area contributed by atoms with Crippen LogP contribution >= 0.6 is 11.3 Å². The van der Waals surface area contributed by atoms with Crippen molar-refractivity contribution in [2.45, 2.75) is 13.3 Å². The van der Waals surface area contributed by atoms with Gasteiger partial charge in [0.25, 0.3) is 5.69 Å². The SMILES string of the molecule is COc1ccc(C)c2sc(N(CCN(C)C)C(=O)Cc3ccc([N+](=O)[O-])cc3)nc12. The Hall–Kier alpha value is -3.04. The summed E-state index contributed by atoms with van der Waals surface area (Å²) in [6, 6.07) is 9.92. The van der Waals surface area contributed by atoms with Gasteiger partial charge in [0.05, 0.1) is 23.2 Å². The van der Waals surface area contributed by atoms with Crippen molar-refractivity contribution in [2.75, 3.05) is 39.2 Å². The summed E-state index contributed by atoms with van der Waals surface area (Å²) in [7, 11) is 5.50. The van der Waals surface area contributed by atoms with Crippen molar-refractivity contribution < 1.29 is 14.5 Å². The van der Waals surface area contributed by atoms with Gasteiger partial charge >= 0.3 is 0 Å². The van der Waals surface area contributed by atoms with Gasteiger partial charge in [0.1, 0.15) is 11.3 Å². The fourth-order valence-corrected chi connectivity index (χ4v) is 4.11. The van der Waals surface area contributed by atoms with E-state index < -0.39 is 4.92 Å². The Labute approximate surface area is 178 Å². The van der Waals surface area contributed by atoms with Crippen molar-refractivity contribution >= 4 is 38.3 Å². The van der Waals surface area contributed by atoms with Crippen LogP contribution in [0.4, 0.5) is 10.8 Å². The molecule has 2 aromatic carbocycles. The number of benzene rings is 2. The second-order valence-corrected chi connectivity index (χ2v) is 8.19. The number of amides is 1. The van der Waals surface area contributed by atoms with Crippen molar-refractivity contribution in [3.8, 4) is 5.75 Å². The van der Waals surface area contributed by atoms with Crippen molar-refractivity contribution in [3.05, 3.63) is 57.6 Å². The first-order valence-electron chi connectivity index (χ1n) is 9.42. The number of nitrogens with zero attached hydrogens (tertiary/aromatic N) is 4. The van der Waals surface area contributed by atoms with Crippen molar-refractivity contribution in [3.63, 3.8) is 0 Å². The molecule has 30 heavy (non-hydrogen) atoms. The first-order chi connectivity index (χ1) is 14.3. The predicted molar refractivity (Wildman–Crippen MR) is 119 cm³/mol. The normalized spacial score (nSPS) is 11.1. The molecular weight excluding hydrogens is 404 g/mol. The Kier molecular flexibility index (Phi) is 6.63. The molecule has 1 amide bonds. The van der Waals surface area contributed by atoms with Crippen molar-refractivity contribution in [1.82, 2.24) is 9.88 Å². The van der Waals surface area contributed by atoms with Crippen LogP contribution in [0.2, 0.25) is 0 Å². The van der Waals surface area contributed by atoms with Gasteiger partial charge in [-0.1, -0.05) is 29.5 Å². The van der Waals surface area contributed by atoms with Crippen LogP contribution in [-0.2, 0) is 11.2 Å². The lowest BCUT2D eigenvalue weighted by atomic mass is 10.1. The number of thiazole rings is 1. The smallest absolute Gasteiger partial charge is 0.269 e. The number of hydrogen-bond donors (Lipinski definition) is 0. The van der Waals surface area contributed by atoms with E-state index in [1.165, 1.54) is 23.5 Å². The van der Waals surface area contributed by atoms with Crippen LogP contribution in [0.15, 0.2) is 36.4 Å². The van der Waals surface area contributed by atoms with E-state index in [-0.39, 0.29) is 18.0 Å². The monoisotopic (exact) mass is 428 g/mol. The van der Waals surface area contributed by atoms with Gasteiger partial charge in [0.15, 0.2) is 5.13 Å². The highest BCUT2D eigenvalue weighted by Crippen LogP contribution is 2.36. The number of nitro groups is 1. The molecule has 8 nitrogen and oxygen atoms in total. The van der Waals surface area contributed by atoms with Gasteiger partial charge in [-0.25, -0.2) is 4.98 Å². The summed E-state index contributed by atoms with van der Waals surface area (Å²) in [4.78, 5) is 32.0. The third-order valence-corrected chi connectivity index (χ3v) is 5.93. The Morgan fingerprint density at radius 1 is 1.17 bits per heavy atom. The second-order valence-electron chi connectivity index (χ2n) is 7.21. The number of aromatic nitrogens is 1.